The average molecular weight is 241 g/mol. The van der Waals surface area contributed by atoms with Crippen molar-refractivity contribution in [2.24, 2.45) is 11.1 Å². The second kappa shape index (κ2) is 5.49. The van der Waals surface area contributed by atoms with E-state index in [4.69, 9.17) is 5.73 Å². The van der Waals surface area contributed by atoms with Gasteiger partial charge in [-0.1, -0.05) is 13.8 Å². The smallest absolute Gasteiger partial charge is 0.241 e. The lowest BCUT2D eigenvalue weighted by Crippen LogP contribution is -2.44. The maximum Gasteiger partial charge on any atom is 0.241 e. The Kier molecular flexibility index (Phi) is 4.51. The van der Waals surface area contributed by atoms with E-state index in [2.05, 4.69) is 0 Å². The molecule has 1 aliphatic heterocycles. The van der Waals surface area contributed by atoms with Crippen molar-refractivity contribution in [1.29, 1.82) is 0 Å². The predicted molar refractivity (Wildman–Crippen MR) is 66.3 cm³/mol. The summed E-state index contributed by atoms with van der Waals surface area (Å²) in [6, 6.07) is 0. The highest BCUT2D eigenvalue weighted by molar-refractivity contribution is 5.85. The van der Waals surface area contributed by atoms with Gasteiger partial charge in [-0.25, -0.2) is 0 Å². The van der Waals surface area contributed by atoms with Crippen molar-refractivity contribution >= 4 is 11.8 Å². The van der Waals surface area contributed by atoms with Crippen LogP contribution < -0.4 is 5.73 Å². The Balaban J connectivity index is 2.44. The zero-order valence-electron chi connectivity index (χ0n) is 11.0. The van der Waals surface area contributed by atoms with Gasteiger partial charge < -0.3 is 15.5 Å². The third kappa shape index (κ3) is 4.00. The van der Waals surface area contributed by atoms with Gasteiger partial charge in [-0.2, -0.15) is 0 Å². The van der Waals surface area contributed by atoms with E-state index in [9.17, 15) is 9.59 Å². The summed E-state index contributed by atoms with van der Waals surface area (Å²) >= 11 is 0. The first-order valence-electron chi connectivity index (χ1n) is 6.07. The first kappa shape index (κ1) is 14.0. The molecule has 2 N–H and O–H groups in total. The minimum Gasteiger partial charge on any atom is -0.344 e. The molecule has 0 unspecified atom stereocenters. The molecule has 0 aromatic heterocycles. The molecule has 0 aromatic carbocycles. The second-order valence-electron chi connectivity index (χ2n) is 5.54. The van der Waals surface area contributed by atoms with Crippen molar-refractivity contribution in [2.45, 2.75) is 26.7 Å². The number of carbonyl (C=O) groups is 2. The summed E-state index contributed by atoms with van der Waals surface area (Å²) < 4.78 is 0. The van der Waals surface area contributed by atoms with Crippen LogP contribution >= 0.6 is 0 Å². The van der Waals surface area contributed by atoms with Crippen LogP contribution in [0, 0.1) is 5.41 Å². The van der Waals surface area contributed by atoms with E-state index in [1.54, 1.807) is 16.8 Å². The van der Waals surface area contributed by atoms with Crippen LogP contribution in [-0.4, -0.2) is 54.8 Å². The van der Waals surface area contributed by atoms with Gasteiger partial charge in [-0.15, -0.1) is 0 Å². The van der Waals surface area contributed by atoms with Crippen LogP contribution in [0.5, 0.6) is 0 Å². The number of carbonyl (C=O) groups excluding carboxylic acids is 2. The summed E-state index contributed by atoms with van der Waals surface area (Å²) in [5, 5.41) is 0. The first-order chi connectivity index (χ1) is 7.85. The number of rotatable bonds is 5. The van der Waals surface area contributed by atoms with Gasteiger partial charge >= 0.3 is 0 Å². The van der Waals surface area contributed by atoms with Crippen LogP contribution in [0.2, 0.25) is 0 Å². The number of nitrogens with zero attached hydrogens (tertiary/aromatic N) is 2. The predicted octanol–water partition coefficient (Wildman–Crippen LogP) is 0.0521. The van der Waals surface area contributed by atoms with E-state index in [-0.39, 0.29) is 23.8 Å². The minimum atomic E-state index is -0.0839. The highest BCUT2D eigenvalue weighted by atomic mass is 16.2. The molecule has 0 aliphatic carbocycles. The molecule has 0 spiro atoms. The Morgan fingerprint density at radius 2 is 2.18 bits per heavy atom. The largest absolute Gasteiger partial charge is 0.344 e. The topological polar surface area (TPSA) is 66.6 Å². The van der Waals surface area contributed by atoms with Crippen LogP contribution in [0.15, 0.2) is 0 Å². The number of nitrogens with two attached hydrogens (primary N) is 1. The molecule has 0 aromatic rings. The number of likely N-dealkylation sites (N-methyl/N-ethyl adjacent to an activating group) is 1. The lowest BCUT2D eigenvalue weighted by Gasteiger charge is -2.30. The van der Waals surface area contributed by atoms with E-state index in [0.717, 1.165) is 6.42 Å². The van der Waals surface area contributed by atoms with Crippen LogP contribution in [0.25, 0.3) is 0 Å². The Labute approximate surface area is 103 Å². The average Bonchev–Trinajstić information content (AvgIpc) is 2.64. The first-order valence-corrected chi connectivity index (χ1v) is 6.07. The number of amides is 2. The molecule has 1 heterocycles. The van der Waals surface area contributed by atoms with Crippen molar-refractivity contribution in [3.8, 4) is 0 Å². The summed E-state index contributed by atoms with van der Waals surface area (Å²) in [5.74, 6) is 0.0756. The Bertz CT molecular complexity index is 302. The number of likely N-dealkylation sites (tertiary alicyclic amines) is 1. The molecule has 0 radical (unpaired) electrons. The maximum atomic E-state index is 11.9. The summed E-state index contributed by atoms with van der Waals surface area (Å²) in [6.07, 6.45) is 1.44. The third-order valence-electron chi connectivity index (χ3n) is 3.14. The molecule has 1 aliphatic rings. The van der Waals surface area contributed by atoms with Crippen LogP contribution in [-0.2, 0) is 9.59 Å². The Hall–Kier alpha value is -1.10. The molecule has 1 saturated heterocycles. The van der Waals surface area contributed by atoms with Gasteiger partial charge in [-0.3, -0.25) is 9.59 Å². The van der Waals surface area contributed by atoms with E-state index in [1.165, 1.54) is 0 Å². The van der Waals surface area contributed by atoms with Crippen molar-refractivity contribution in [1.82, 2.24) is 9.80 Å². The molecular weight excluding hydrogens is 218 g/mol. The zero-order chi connectivity index (χ0) is 13.1. The summed E-state index contributed by atoms with van der Waals surface area (Å²) in [6.45, 7) is 6.11. The molecule has 0 saturated carbocycles. The van der Waals surface area contributed by atoms with Gasteiger partial charge in [0.15, 0.2) is 0 Å². The minimum absolute atomic E-state index is 0.0122. The Morgan fingerprint density at radius 1 is 1.53 bits per heavy atom. The molecule has 0 atom stereocenters. The van der Waals surface area contributed by atoms with Gasteiger partial charge in [-0.05, 0) is 18.4 Å². The van der Waals surface area contributed by atoms with Crippen molar-refractivity contribution < 1.29 is 9.59 Å². The molecular formula is C12H23N3O2. The van der Waals surface area contributed by atoms with Crippen LogP contribution in [0.1, 0.15) is 26.7 Å². The molecule has 1 rings (SSSR count). The number of hydrogen-bond donors (Lipinski definition) is 1. The lowest BCUT2D eigenvalue weighted by molar-refractivity contribution is -0.138. The van der Waals surface area contributed by atoms with E-state index in [1.807, 2.05) is 13.8 Å². The summed E-state index contributed by atoms with van der Waals surface area (Å²) in [7, 11) is 1.76. The van der Waals surface area contributed by atoms with E-state index >= 15 is 0 Å². The summed E-state index contributed by atoms with van der Waals surface area (Å²) in [5.41, 5.74) is 5.55. The van der Waals surface area contributed by atoms with E-state index in [0.29, 0.717) is 26.1 Å². The maximum absolute atomic E-state index is 11.9. The fourth-order valence-electron chi connectivity index (χ4n) is 1.95. The molecule has 1 fully saturated rings. The van der Waals surface area contributed by atoms with Crippen molar-refractivity contribution in [3.63, 3.8) is 0 Å². The molecule has 17 heavy (non-hydrogen) atoms. The second-order valence-corrected chi connectivity index (χ2v) is 5.54. The number of hydrogen-bond acceptors (Lipinski definition) is 3. The van der Waals surface area contributed by atoms with Gasteiger partial charge in [0, 0.05) is 26.6 Å². The fourth-order valence-corrected chi connectivity index (χ4v) is 1.95. The normalized spacial score (nSPS) is 16.5. The lowest BCUT2D eigenvalue weighted by atomic mass is 9.93. The van der Waals surface area contributed by atoms with Gasteiger partial charge in [0.05, 0.1) is 6.54 Å². The van der Waals surface area contributed by atoms with Gasteiger partial charge in [0.2, 0.25) is 11.8 Å². The third-order valence-corrected chi connectivity index (χ3v) is 3.14. The van der Waals surface area contributed by atoms with Gasteiger partial charge in [0.1, 0.15) is 0 Å². The van der Waals surface area contributed by atoms with Gasteiger partial charge in [0.25, 0.3) is 0 Å². The standard InChI is InChI=1S/C12H23N3O2/c1-12(2,8-13)9-14(3)11(17)7-15-6-4-5-10(15)16/h4-9,13H2,1-3H3. The molecule has 2 amide bonds. The SMILES string of the molecule is CN(CC(C)(C)CN)C(=O)CN1CCCC1=O. The van der Waals surface area contributed by atoms with Crippen LogP contribution in [0.4, 0.5) is 0 Å². The molecule has 0 bridgehead atoms. The molecule has 5 nitrogen and oxygen atoms in total. The highest BCUT2D eigenvalue weighted by Gasteiger charge is 2.26. The van der Waals surface area contributed by atoms with E-state index < -0.39 is 0 Å². The highest BCUT2D eigenvalue weighted by Crippen LogP contribution is 2.15. The summed E-state index contributed by atoms with van der Waals surface area (Å²) in [4.78, 5) is 26.6. The zero-order valence-corrected chi connectivity index (χ0v) is 11.0. The van der Waals surface area contributed by atoms with Crippen molar-refractivity contribution in [3.05, 3.63) is 0 Å². The Morgan fingerprint density at radius 3 is 2.65 bits per heavy atom. The van der Waals surface area contributed by atoms with Crippen LogP contribution in [0.3, 0.4) is 0 Å². The molecule has 98 valence electrons. The van der Waals surface area contributed by atoms with Crippen molar-refractivity contribution in [2.75, 3.05) is 33.2 Å². The quantitative estimate of drug-likeness (QED) is 0.739. The molecule has 5 heteroatoms. The fraction of sp³-hybridized carbons (Fsp3) is 0.833. The monoisotopic (exact) mass is 241 g/mol.